The summed E-state index contributed by atoms with van der Waals surface area (Å²) < 4.78 is 67.6. The van der Waals surface area contributed by atoms with Gasteiger partial charge in [-0.3, -0.25) is 9.59 Å². The number of amides is 2. The maximum absolute atomic E-state index is 13.7. The van der Waals surface area contributed by atoms with Crippen LogP contribution < -0.4 is 5.32 Å². The van der Waals surface area contributed by atoms with Crippen molar-refractivity contribution in [1.29, 1.82) is 0 Å². The summed E-state index contributed by atoms with van der Waals surface area (Å²) in [5, 5.41) is 22.1. The Bertz CT molecular complexity index is 1410. The van der Waals surface area contributed by atoms with Gasteiger partial charge in [-0.2, -0.15) is 0 Å². The van der Waals surface area contributed by atoms with Gasteiger partial charge in [-0.05, 0) is 55.7 Å². The average Bonchev–Trinajstić information content (AvgIpc) is 3.01. The van der Waals surface area contributed by atoms with Crippen LogP contribution in [0, 0.1) is 29.3 Å². The van der Waals surface area contributed by atoms with Crippen LogP contribution in [0.15, 0.2) is 35.2 Å². The third-order valence-corrected chi connectivity index (χ3v) is 10.9. The molecule has 3 N–H and O–H groups in total. The number of nitrogens with zero attached hydrogens (tertiary/aromatic N) is 1. The molecule has 1 aliphatic heterocycles. The highest BCUT2D eigenvalue weighted by atomic mass is 35.5. The van der Waals surface area contributed by atoms with E-state index in [0.29, 0.717) is 25.0 Å². The molecule has 1 saturated heterocycles. The molecule has 2 aromatic carbocycles. The first-order valence-electron chi connectivity index (χ1n) is 12.5. The van der Waals surface area contributed by atoms with Crippen LogP contribution in [0.1, 0.15) is 42.5 Å². The number of carbonyl (C=O) groups is 2. The minimum Gasteiger partial charge on any atom is -0.389 e. The van der Waals surface area contributed by atoms with Crippen LogP contribution >= 0.6 is 11.6 Å². The Morgan fingerprint density at radius 1 is 1.05 bits per heavy atom. The second-order valence-corrected chi connectivity index (χ2v) is 13.2. The van der Waals surface area contributed by atoms with Gasteiger partial charge in [0.05, 0.1) is 33.3 Å². The molecule has 0 aromatic heterocycles. The SMILES string of the molecule is O=C(Nc1cc(F)c(F)c(F)c1)c1ccc(Cl)c(S(=O)(=O)C2CC3CC[C@@H](C2)C3(O)CC(=O)N2CC(O)C2)c1. The van der Waals surface area contributed by atoms with Gasteiger partial charge in [0.15, 0.2) is 27.3 Å². The molecule has 39 heavy (non-hydrogen) atoms. The maximum Gasteiger partial charge on any atom is 0.255 e. The summed E-state index contributed by atoms with van der Waals surface area (Å²) >= 11 is 6.23. The van der Waals surface area contributed by atoms with Crippen molar-refractivity contribution in [3.8, 4) is 0 Å². The molecule has 8 nitrogen and oxygen atoms in total. The molecular formula is C26H26ClF3N2O6S. The van der Waals surface area contributed by atoms with E-state index >= 15 is 0 Å². The zero-order valence-corrected chi connectivity index (χ0v) is 22.1. The number of rotatable bonds is 6. The summed E-state index contributed by atoms with van der Waals surface area (Å²) in [5.41, 5.74) is -1.85. The van der Waals surface area contributed by atoms with Crippen LogP contribution in [0.2, 0.25) is 5.02 Å². The van der Waals surface area contributed by atoms with Crippen molar-refractivity contribution in [2.24, 2.45) is 11.8 Å². The van der Waals surface area contributed by atoms with Gasteiger partial charge in [-0.25, -0.2) is 21.6 Å². The Morgan fingerprint density at radius 2 is 1.64 bits per heavy atom. The molecule has 2 aliphatic carbocycles. The average molecular weight is 587 g/mol. The molecule has 13 heteroatoms. The number of aliphatic hydroxyl groups excluding tert-OH is 1. The van der Waals surface area contributed by atoms with E-state index in [9.17, 15) is 41.4 Å². The van der Waals surface area contributed by atoms with Crippen molar-refractivity contribution >= 4 is 38.9 Å². The number of fused-ring (bicyclic) bond motifs is 2. The van der Waals surface area contributed by atoms with Gasteiger partial charge in [0.2, 0.25) is 5.91 Å². The third-order valence-electron chi connectivity index (χ3n) is 8.20. The highest BCUT2D eigenvalue weighted by molar-refractivity contribution is 7.92. The first-order valence-corrected chi connectivity index (χ1v) is 14.4. The van der Waals surface area contributed by atoms with E-state index in [0.717, 1.165) is 6.07 Å². The quantitative estimate of drug-likeness (QED) is 0.446. The number of halogens is 4. The lowest BCUT2D eigenvalue weighted by Gasteiger charge is -2.44. The van der Waals surface area contributed by atoms with E-state index in [1.807, 2.05) is 0 Å². The summed E-state index contributed by atoms with van der Waals surface area (Å²) in [6, 6.07) is 4.73. The molecule has 210 valence electrons. The number of carbonyl (C=O) groups excluding carboxylic acids is 2. The third kappa shape index (κ3) is 5.03. The molecule has 0 spiro atoms. The number of hydrogen-bond acceptors (Lipinski definition) is 6. The number of aliphatic hydroxyl groups is 2. The fourth-order valence-electron chi connectivity index (χ4n) is 6.04. The number of sulfone groups is 1. The second-order valence-electron chi connectivity index (χ2n) is 10.6. The summed E-state index contributed by atoms with van der Waals surface area (Å²) in [5.74, 6) is -6.71. The van der Waals surface area contributed by atoms with Gasteiger partial charge >= 0.3 is 0 Å². The normalized spacial score (nSPS) is 26.8. The molecule has 3 fully saturated rings. The zero-order chi connectivity index (χ0) is 28.3. The van der Waals surface area contributed by atoms with E-state index in [-0.39, 0.29) is 59.4 Å². The highest BCUT2D eigenvalue weighted by Gasteiger charge is 2.57. The Hall–Kier alpha value is -2.67. The predicted octanol–water partition coefficient (Wildman–Crippen LogP) is 3.30. The van der Waals surface area contributed by atoms with Crippen LogP contribution in [0.4, 0.5) is 18.9 Å². The van der Waals surface area contributed by atoms with Crippen LogP contribution in [0.5, 0.6) is 0 Å². The topological polar surface area (TPSA) is 124 Å². The lowest BCUT2D eigenvalue weighted by molar-refractivity contribution is -0.152. The molecule has 2 aromatic rings. The summed E-state index contributed by atoms with van der Waals surface area (Å²) in [6.45, 7) is 0.434. The largest absolute Gasteiger partial charge is 0.389 e. The zero-order valence-electron chi connectivity index (χ0n) is 20.5. The molecule has 1 heterocycles. The van der Waals surface area contributed by atoms with Crippen LogP contribution in [0.3, 0.4) is 0 Å². The minimum absolute atomic E-state index is 0.103. The summed E-state index contributed by atoms with van der Waals surface area (Å²) in [7, 11) is -4.08. The first kappa shape index (κ1) is 27.9. The van der Waals surface area contributed by atoms with E-state index in [1.165, 1.54) is 17.0 Å². The van der Waals surface area contributed by atoms with Crippen LogP contribution in [-0.4, -0.2) is 65.4 Å². The first-order chi connectivity index (χ1) is 18.3. The molecule has 3 unspecified atom stereocenters. The fraction of sp³-hybridized carbons (Fsp3) is 0.462. The van der Waals surface area contributed by atoms with Crippen molar-refractivity contribution < 1.29 is 41.4 Å². The summed E-state index contributed by atoms with van der Waals surface area (Å²) in [6.07, 6.45) is 0.622. The molecule has 5 rings (SSSR count). The van der Waals surface area contributed by atoms with E-state index < -0.39 is 62.0 Å². The highest BCUT2D eigenvalue weighted by Crippen LogP contribution is 2.53. The van der Waals surface area contributed by atoms with E-state index in [1.54, 1.807) is 0 Å². The van der Waals surface area contributed by atoms with Gasteiger partial charge in [0.25, 0.3) is 5.91 Å². The fourth-order valence-corrected chi connectivity index (χ4v) is 8.44. The monoisotopic (exact) mass is 586 g/mol. The minimum atomic E-state index is -4.08. The molecule has 2 bridgehead atoms. The van der Waals surface area contributed by atoms with Crippen molar-refractivity contribution in [1.82, 2.24) is 4.90 Å². The summed E-state index contributed by atoms with van der Waals surface area (Å²) in [4.78, 5) is 26.5. The van der Waals surface area contributed by atoms with Crippen LogP contribution in [-0.2, 0) is 14.6 Å². The van der Waals surface area contributed by atoms with Gasteiger partial charge in [0, 0.05) is 36.5 Å². The molecule has 2 saturated carbocycles. The Morgan fingerprint density at radius 3 is 2.21 bits per heavy atom. The number of hydrogen-bond donors (Lipinski definition) is 3. The van der Waals surface area contributed by atoms with Crippen molar-refractivity contribution in [2.45, 2.75) is 54.0 Å². The lowest BCUT2D eigenvalue weighted by Crippen LogP contribution is -2.57. The molecular weight excluding hydrogens is 561 g/mol. The Balaban J connectivity index is 1.34. The predicted molar refractivity (Wildman–Crippen MR) is 134 cm³/mol. The number of likely N-dealkylation sites (tertiary alicyclic amines) is 1. The standard InChI is InChI=1S/C26H26ClF3N2O6S/c27-19-4-1-13(25(35)31-16-8-20(28)24(30)21(29)9-16)5-22(19)39(37,38)18-6-14-2-3-15(7-18)26(14,36)10-23(34)32-11-17(33)12-32/h1,4-5,8-9,14-15,17-18,33,36H,2-3,6-7,10-12H2,(H,31,35)/t14-,15?,18?,26?/m0/s1. The number of β-amino-alcohol motifs (C(OH)–C–C–N with tert-alkyl or cyclic N) is 1. The van der Waals surface area contributed by atoms with Gasteiger partial charge < -0.3 is 20.4 Å². The Kier molecular flexibility index (Phi) is 7.19. The van der Waals surface area contributed by atoms with Crippen molar-refractivity contribution in [3.63, 3.8) is 0 Å². The lowest BCUT2D eigenvalue weighted by atomic mass is 9.72. The molecule has 2 amide bonds. The van der Waals surface area contributed by atoms with Gasteiger partial charge in [0.1, 0.15) is 0 Å². The van der Waals surface area contributed by atoms with Crippen molar-refractivity contribution in [3.05, 3.63) is 58.4 Å². The van der Waals surface area contributed by atoms with Gasteiger partial charge in [-0.1, -0.05) is 11.6 Å². The molecule has 0 radical (unpaired) electrons. The number of nitrogens with one attached hydrogen (secondary N) is 1. The molecule has 3 aliphatic rings. The number of anilines is 1. The van der Waals surface area contributed by atoms with E-state index in [4.69, 9.17) is 11.6 Å². The second kappa shape index (κ2) is 10.1. The smallest absolute Gasteiger partial charge is 0.255 e. The van der Waals surface area contributed by atoms with Gasteiger partial charge in [-0.15, -0.1) is 0 Å². The van der Waals surface area contributed by atoms with Crippen LogP contribution in [0.25, 0.3) is 0 Å². The van der Waals surface area contributed by atoms with Crippen molar-refractivity contribution in [2.75, 3.05) is 18.4 Å². The maximum atomic E-state index is 13.7. The Labute approximate surface area is 227 Å². The number of benzene rings is 2. The van der Waals surface area contributed by atoms with E-state index in [2.05, 4.69) is 5.32 Å². The molecule has 4 atom stereocenters.